The lowest BCUT2D eigenvalue weighted by molar-refractivity contribution is 0.0464. The van der Waals surface area contributed by atoms with Crippen molar-refractivity contribution in [3.63, 3.8) is 0 Å². The van der Waals surface area contributed by atoms with Gasteiger partial charge in [0.05, 0.1) is 29.7 Å². The molecule has 188 valence electrons. The minimum Gasteiger partial charge on any atom is -0.487 e. The van der Waals surface area contributed by atoms with Crippen molar-refractivity contribution in [2.45, 2.75) is 64.7 Å². The number of rotatable bonds is 6. The first kappa shape index (κ1) is 24.9. The number of H-pyrrole nitrogens is 1. The summed E-state index contributed by atoms with van der Waals surface area (Å²) >= 11 is 0. The number of carbonyl (C=O) groups excluding carboxylic acids is 1. The van der Waals surface area contributed by atoms with Gasteiger partial charge in [0.1, 0.15) is 35.2 Å². The van der Waals surface area contributed by atoms with Crippen LogP contribution >= 0.6 is 0 Å². The Morgan fingerprint density at radius 3 is 2.69 bits per heavy atom. The first-order valence-corrected chi connectivity index (χ1v) is 11.6. The van der Waals surface area contributed by atoms with Crippen molar-refractivity contribution in [1.82, 2.24) is 25.5 Å². The monoisotopic (exact) mass is 493 g/mol. The molecular formula is C25H28FN7O3. The van der Waals surface area contributed by atoms with E-state index in [4.69, 9.17) is 14.7 Å². The molecule has 10 nitrogen and oxygen atoms in total. The summed E-state index contributed by atoms with van der Waals surface area (Å²) in [7, 11) is 0. The van der Waals surface area contributed by atoms with Gasteiger partial charge in [0, 0.05) is 6.07 Å². The van der Waals surface area contributed by atoms with Gasteiger partial charge in [0.25, 0.3) is 0 Å². The van der Waals surface area contributed by atoms with E-state index in [-0.39, 0.29) is 23.4 Å². The second-order valence-corrected chi connectivity index (χ2v) is 9.65. The molecule has 36 heavy (non-hydrogen) atoms. The molecule has 2 aromatic heterocycles. The summed E-state index contributed by atoms with van der Waals surface area (Å²) in [6.07, 6.45) is 4.20. The van der Waals surface area contributed by atoms with Crippen molar-refractivity contribution in [2.75, 3.05) is 5.32 Å². The van der Waals surface area contributed by atoms with Crippen LogP contribution in [0.4, 0.5) is 20.8 Å². The molecule has 2 heterocycles. The molecule has 1 aromatic carbocycles. The topological polar surface area (TPSA) is 138 Å². The van der Waals surface area contributed by atoms with Crippen LogP contribution in [0.5, 0.6) is 5.75 Å². The number of ether oxygens (including phenoxy) is 2. The average molecular weight is 494 g/mol. The van der Waals surface area contributed by atoms with Crippen LogP contribution in [-0.2, 0) is 4.74 Å². The van der Waals surface area contributed by atoms with Gasteiger partial charge >= 0.3 is 6.09 Å². The van der Waals surface area contributed by atoms with Crippen molar-refractivity contribution in [3.05, 3.63) is 47.7 Å². The van der Waals surface area contributed by atoms with Crippen molar-refractivity contribution in [3.8, 4) is 23.1 Å². The molecule has 0 radical (unpaired) electrons. The summed E-state index contributed by atoms with van der Waals surface area (Å²) in [4.78, 5) is 20.4. The Labute approximate surface area is 208 Å². The molecule has 1 amide bonds. The molecule has 11 heteroatoms. The lowest BCUT2D eigenvalue weighted by atomic mass is 10.1. The van der Waals surface area contributed by atoms with E-state index in [2.05, 4.69) is 30.8 Å². The van der Waals surface area contributed by atoms with Gasteiger partial charge in [0.15, 0.2) is 11.5 Å². The second-order valence-electron chi connectivity index (χ2n) is 9.65. The number of benzene rings is 1. The quantitative estimate of drug-likeness (QED) is 0.447. The molecule has 0 aliphatic heterocycles. The zero-order valence-electron chi connectivity index (χ0n) is 20.6. The Kier molecular flexibility index (Phi) is 7.05. The van der Waals surface area contributed by atoms with Crippen LogP contribution in [-0.4, -0.2) is 44.0 Å². The summed E-state index contributed by atoms with van der Waals surface area (Å²) < 4.78 is 26.9. The highest BCUT2D eigenvalue weighted by atomic mass is 19.1. The molecule has 3 N–H and O–H groups in total. The number of alkyl carbamates (subject to hydrolysis) is 1. The molecule has 1 aliphatic rings. The lowest BCUT2D eigenvalue weighted by Crippen LogP contribution is -2.44. The standard InChI is InChI=1S/C25H28FN7O3/c1-14-8-16(26)23(18-10-21(33-32-18)31-22-13-28-15(11-27)12-29-22)20(9-14)35-19-7-5-6-17(19)30-24(34)36-25(2,3)4/h8-10,12-13,17,19H,5-7H2,1-4H3,(H,30,34)(H2,29,31,32,33)/t17-,19-/m1/s1. The van der Waals surface area contributed by atoms with Crippen LogP contribution in [0, 0.1) is 24.1 Å². The lowest BCUT2D eigenvalue weighted by Gasteiger charge is -2.26. The van der Waals surface area contributed by atoms with E-state index in [1.54, 1.807) is 39.8 Å². The molecule has 2 atom stereocenters. The van der Waals surface area contributed by atoms with E-state index in [1.165, 1.54) is 18.5 Å². The van der Waals surface area contributed by atoms with E-state index in [9.17, 15) is 4.79 Å². The summed E-state index contributed by atoms with van der Waals surface area (Å²) in [5.41, 5.74) is 0.919. The normalized spacial score (nSPS) is 17.3. The Morgan fingerprint density at radius 2 is 2.00 bits per heavy atom. The number of aryl methyl sites for hydroxylation is 1. The molecule has 0 spiro atoms. The minimum absolute atomic E-state index is 0.193. The van der Waals surface area contributed by atoms with Gasteiger partial charge < -0.3 is 20.1 Å². The van der Waals surface area contributed by atoms with Gasteiger partial charge in [-0.25, -0.2) is 19.2 Å². The number of nitrogens with zero attached hydrogens (tertiary/aromatic N) is 4. The zero-order chi connectivity index (χ0) is 25.9. The molecule has 4 rings (SSSR count). The van der Waals surface area contributed by atoms with E-state index < -0.39 is 17.5 Å². The van der Waals surface area contributed by atoms with Gasteiger partial charge in [-0.2, -0.15) is 10.4 Å². The fourth-order valence-corrected chi connectivity index (χ4v) is 4.01. The maximum absolute atomic E-state index is 15.2. The van der Waals surface area contributed by atoms with Crippen molar-refractivity contribution >= 4 is 17.7 Å². The third-order valence-electron chi connectivity index (χ3n) is 5.50. The van der Waals surface area contributed by atoms with Gasteiger partial charge in [-0.3, -0.25) is 5.10 Å². The number of amides is 1. The van der Waals surface area contributed by atoms with Crippen LogP contribution in [0.25, 0.3) is 11.3 Å². The number of halogens is 1. The Bertz CT molecular complexity index is 1280. The van der Waals surface area contributed by atoms with Crippen LogP contribution in [0.1, 0.15) is 51.3 Å². The molecule has 0 saturated heterocycles. The van der Waals surface area contributed by atoms with Gasteiger partial charge in [-0.15, -0.1) is 0 Å². The minimum atomic E-state index is -0.610. The SMILES string of the molecule is Cc1cc(F)c(-c2cc(Nc3cnc(C#N)cn3)n[nH]2)c(O[C@@H]2CCC[C@H]2NC(=O)OC(C)(C)C)c1. The number of hydrogen-bond acceptors (Lipinski definition) is 8. The maximum Gasteiger partial charge on any atom is 0.408 e. The number of nitriles is 1. The van der Waals surface area contributed by atoms with Crippen LogP contribution in [0.15, 0.2) is 30.6 Å². The number of nitrogens with one attached hydrogen (secondary N) is 3. The summed E-state index contributed by atoms with van der Waals surface area (Å²) in [5.74, 6) is 0.659. The van der Waals surface area contributed by atoms with E-state index in [0.717, 1.165) is 12.8 Å². The number of hydrogen-bond donors (Lipinski definition) is 3. The predicted molar refractivity (Wildman–Crippen MR) is 130 cm³/mol. The highest BCUT2D eigenvalue weighted by Crippen LogP contribution is 2.36. The Hall–Kier alpha value is -4.20. The van der Waals surface area contributed by atoms with Gasteiger partial charge in [0.2, 0.25) is 0 Å². The fraction of sp³-hybridized carbons (Fsp3) is 0.400. The highest BCUT2D eigenvalue weighted by Gasteiger charge is 2.33. The van der Waals surface area contributed by atoms with Gasteiger partial charge in [-0.05, 0) is 64.7 Å². The fourth-order valence-electron chi connectivity index (χ4n) is 4.01. The van der Waals surface area contributed by atoms with Crippen LogP contribution in [0.3, 0.4) is 0 Å². The van der Waals surface area contributed by atoms with E-state index >= 15 is 4.39 Å². The second kappa shape index (κ2) is 10.2. The number of aromatic nitrogens is 4. The third kappa shape index (κ3) is 6.07. The number of carbonyl (C=O) groups is 1. The van der Waals surface area contributed by atoms with Crippen molar-refractivity contribution in [1.29, 1.82) is 5.26 Å². The van der Waals surface area contributed by atoms with Crippen LogP contribution in [0.2, 0.25) is 0 Å². The molecule has 1 fully saturated rings. The molecule has 1 aliphatic carbocycles. The highest BCUT2D eigenvalue weighted by molar-refractivity contribution is 5.72. The largest absolute Gasteiger partial charge is 0.487 e. The molecule has 3 aromatic rings. The smallest absolute Gasteiger partial charge is 0.408 e. The van der Waals surface area contributed by atoms with E-state index in [1.807, 2.05) is 6.07 Å². The molecular weight excluding hydrogens is 465 g/mol. The first-order chi connectivity index (χ1) is 17.1. The summed E-state index contributed by atoms with van der Waals surface area (Å²) in [6.45, 7) is 7.20. The number of aromatic amines is 1. The average Bonchev–Trinajstić information content (AvgIpc) is 3.42. The zero-order valence-corrected chi connectivity index (χ0v) is 20.6. The van der Waals surface area contributed by atoms with Gasteiger partial charge in [-0.1, -0.05) is 0 Å². The molecule has 0 unspecified atom stereocenters. The summed E-state index contributed by atoms with van der Waals surface area (Å²) in [6, 6.07) is 6.47. The Balaban J connectivity index is 1.54. The Morgan fingerprint density at radius 1 is 1.19 bits per heavy atom. The maximum atomic E-state index is 15.2. The van der Waals surface area contributed by atoms with Crippen molar-refractivity contribution in [2.24, 2.45) is 0 Å². The molecule has 1 saturated carbocycles. The number of anilines is 2. The first-order valence-electron chi connectivity index (χ1n) is 11.6. The summed E-state index contributed by atoms with van der Waals surface area (Å²) in [5, 5.41) is 21.7. The predicted octanol–water partition coefficient (Wildman–Crippen LogP) is 4.75. The molecule has 0 bridgehead atoms. The third-order valence-corrected chi connectivity index (χ3v) is 5.50. The van der Waals surface area contributed by atoms with Crippen molar-refractivity contribution < 1.29 is 18.7 Å². The van der Waals surface area contributed by atoms with Crippen LogP contribution < -0.4 is 15.4 Å². The van der Waals surface area contributed by atoms with E-state index in [0.29, 0.717) is 35.1 Å².